The van der Waals surface area contributed by atoms with Crippen LogP contribution in [0.4, 0.5) is 5.69 Å². The fourth-order valence-corrected chi connectivity index (χ4v) is 3.05. The predicted octanol–water partition coefficient (Wildman–Crippen LogP) is 3.84. The molecule has 0 aliphatic heterocycles. The Kier molecular flexibility index (Phi) is 7.03. The lowest BCUT2D eigenvalue weighted by molar-refractivity contribution is 0.380. The van der Waals surface area contributed by atoms with Gasteiger partial charge in [-0.1, -0.05) is 26.7 Å². The molecule has 0 fully saturated rings. The fourth-order valence-electron chi connectivity index (χ4n) is 3.05. The summed E-state index contributed by atoms with van der Waals surface area (Å²) < 4.78 is 2.13. The lowest BCUT2D eigenvalue weighted by Crippen LogP contribution is -2.25. The highest BCUT2D eigenvalue weighted by molar-refractivity contribution is 5.75. The van der Waals surface area contributed by atoms with Crippen LogP contribution < -0.4 is 5.32 Å². The zero-order valence-electron chi connectivity index (χ0n) is 16.0. The number of anilines is 1. The molecule has 0 bridgehead atoms. The van der Waals surface area contributed by atoms with Crippen molar-refractivity contribution in [1.29, 1.82) is 0 Å². The first-order chi connectivity index (χ1) is 11.5. The van der Waals surface area contributed by atoms with Gasteiger partial charge in [0, 0.05) is 19.5 Å². The molecule has 0 aromatic carbocycles. The van der Waals surface area contributed by atoms with Gasteiger partial charge in [-0.25, -0.2) is 9.97 Å². The molecule has 1 atom stereocenters. The minimum atomic E-state index is 0.486. The zero-order valence-corrected chi connectivity index (χ0v) is 16.0. The van der Waals surface area contributed by atoms with Gasteiger partial charge in [0.2, 0.25) is 0 Å². The van der Waals surface area contributed by atoms with Gasteiger partial charge in [-0.2, -0.15) is 0 Å². The van der Waals surface area contributed by atoms with Gasteiger partial charge in [-0.15, -0.1) is 0 Å². The van der Waals surface area contributed by atoms with E-state index in [1.807, 2.05) is 6.20 Å². The average Bonchev–Trinajstić information content (AvgIpc) is 2.86. The Labute approximate surface area is 146 Å². The Morgan fingerprint density at radius 2 is 2.00 bits per heavy atom. The van der Waals surface area contributed by atoms with E-state index < -0.39 is 0 Å². The summed E-state index contributed by atoms with van der Waals surface area (Å²) in [6.07, 6.45) is 8.84. The van der Waals surface area contributed by atoms with Gasteiger partial charge in [0.25, 0.3) is 0 Å². The molecule has 1 N–H and O–H groups in total. The molecule has 0 amide bonds. The summed E-state index contributed by atoms with van der Waals surface area (Å²) in [6, 6.07) is 2.63. The highest BCUT2D eigenvalue weighted by Crippen LogP contribution is 2.20. The van der Waals surface area contributed by atoms with Crippen molar-refractivity contribution >= 4 is 16.9 Å². The van der Waals surface area contributed by atoms with Crippen molar-refractivity contribution in [2.45, 2.75) is 58.4 Å². The normalized spacial score (nSPS) is 12.9. The Morgan fingerprint density at radius 1 is 1.21 bits per heavy atom. The molecular formula is C19H33N5. The first kappa shape index (κ1) is 18.7. The van der Waals surface area contributed by atoms with Gasteiger partial charge in [0.1, 0.15) is 11.3 Å². The number of hydrogen-bond acceptors (Lipinski definition) is 4. The molecule has 24 heavy (non-hydrogen) atoms. The van der Waals surface area contributed by atoms with Gasteiger partial charge in [0.15, 0.2) is 5.65 Å². The number of imidazole rings is 1. The molecule has 0 spiro atoms. The van der Waals surface area contributed by atoms with Crippen molar-refractivity contribution in [3.63, 3.8) is 0 Å². The predicted molar refractivity (Wildman–Crippen MR) is 103 cm³/mol. The maximum atomic E-state index is 4.79. The van der Waals surface area contributed by atoms with Crippen molar-refractivity contribution in [2.75, 3.05) is 26.0 Å². The number of hydrogen-bond donors (Lipinski definition) is 1. The number of unbranched alkanes of at least 4 members (excludes halogenated alkanes) is 1. The lowest BCUT2D eigenvalue weighted by atomic mass is 10.1. The van der Waals surface area contributed by atoms with E-state index in [0.29, 0.717) is 6.04 Å². The van der Waals surface area contributed by atoms with Crippen LogP contribution >= 0.6 is 0 Å². The Balaban J connectivity index is 2.13. The van der Waals surface area contributed by atoms with Crippen LogP contribution in [-0.2, 0) is 13.5 Å². The van der Waals surface area contributed by atoms with Gasteiger partial charge < -0.3 is 14.8 Å². The number of fused-ring (bicyclic) bond motifs is 1. The molecule has 134 valence electrons. The Morgan fingerprint density at radius 3 is 2.67 bits per heavy atom. The molecule has 2 aromatic rings. The van der Waals surface area contributed by atoms with Crippen molar-refractivity contribution < 1.29 is 0 Å². The van der Waals surface area contributed by atoms with Crippen molar-refractivity contribution in [2.24, 2.45) is 7.05 Å². The van der Waals surface area contributed by atoms with E-state index in [1.165, 1.54) is 25.7 Å². The number of nitrogens with zero attached hydrogens (tertiary/aromatic N) is 4. The van der Waals surface area contributed by atoms with Crippen molar-refractivity contribution in [1.82, 2.24) is 19.4 Å². The zero-order chi connectivity index (χ0) is 17.5. The average molecular weight is 332 g/mol. The molecule has 0 aliphatic rings. The van der Waals surface area contributed by atoms with Gasteiger partial charge >= 0.3 is 0 Å². The number of aryl methyl sites for hydroxylation is 2. The van der Waals surface area contributed by atoms with E-state index >= 15 is 0 Å². The minimum absolute atomic E-state index is 0.486. The van der Waals surface area contributed by atoms with E-state index in [0.717, 1.165) is 42.1 Å². The SMILES string of the molecule is CCCCc1nc2cc(N[C@@H](CCC)CCN(C)C)cnc2n1C. The molecule has 2 rings (SSSR count). The summed E-state index contributed by atoms with van der Waals surface area (Å²) in [6.45, 7) is 5.55. The topological polar surface area (TPSA) is 46.0 Å². The highest BCUT2D eigenvalue weighted by Gasteiger charge is 2.12. The molecule has 2 heterocycles. The number of rotatable bonds is 10. The lowest BCUT2D eigenvalue weighted by Gasteiger charge is -2.21. The van der Waals surface area contributed by atoms with Crippen LogP contribution in [0.3, 0.4) is 0 Å². The summed E-state index contributed by atoms with van der Waals surface area (Å²) in [7, 11) is 6.32. The summed E-state index contributed by atoms with van der Waals surface area (Å²) >= 11 is 0. The van der Waals surface area contributed by atoms with Gasteiger partial charge in [0.05, 0.1) is 11.9 Å². The summed E-state index contributed by atoms with van der Waals surface area (Å²) in [5, 5.41) is 3.66. The van der Waals surface area contributed by atoms with E-state index in [4.69, 9.17) is 4.98 Å². The van der Waals surface area contributed by atoms with Gasteiger partial charge in [-0.05, 0) is 46.0 Å². The second-order valence-corrected chi connectivity index (χ2v) is 6.98. The molecule has 0 unspecified atom stereocenters. The van der Waals surface area contributed by atoms with Crippen LogP contribution in [0.1, 0.15) is 51.8 Å². The van der Waals surface area contributed by atoms with Crippen LogP contribution in [0.5, 0.6) is 0 Å². The standard InChI is InChI=1S/C19H33N5/c1-6-8-10-18-22-17-13-16(14-20-19(17)24(18)5)21-15(9-7-2)11-12-23(3)4/h13-15,21H,6-12H2,1-5H3/t15-/m0/s1. The minimum Gasteiger partial charge on any atom is -0.381 e. The van der Waals surface area contributed by atoms with Crippen LogP contribution in [-0.4, -0.2) is 46.1 Å². The third-order valence-electron chi connectivity index (χ3n) is 4.49. The number of aromatic nitrogens is 3. The third kappa shape index (κ3) is 4.94. The molecule has 0 saturated heterocycles. The molecule has 0 saturated carbocycles. The summed E-state index contributed by atoms with van der Waals surface area (Å²) in [4.78, 5) is 11.7. The molecular weight excluding hydrogens is 298 g/mol. The maximum absolute atomic E-state index is 4.79. The number of nitrogens with one attached hydrogen (secondary N) is 1. The Hall–Kier alpha value is -1.62. The van der Waals surface area contributed by atoms with E-state index in [1.54, 1.807) is 0 Å². The van der Waals surface area contributed by atoms with Crippen molar-refractivity contribution in [3.05, 3.63) is 18.1 Å². The molecule has 5 heteroatoms. The second kappa shape index (κ2) is 9.02. The van der Waals surface area contributed by atoms with Crippen LogP contribution in [0.2, 0.25) is 0 Å². The Bertz CT molecular complexity index is 632. The fraction of sp³-hybridized carbons (Fsp3) is 0.684. The largest absolute Gasteiger partial charge is 0.381 e. The van der Waals surface area contributed by atoms with Crippen LogP contribution in [0.15, 0.2) is 12.3 Å². The van der Waals surface area contributed by atoms with E-state index in [2.05, 4.69) is 60.8 Å². The summed E-state index contributed by atoms with van der Waals surface area (Å²) in [5.74, 6) is 1.13. The number of pyridine rings is 1. The van der Waals surface area contributed by atoms with E-state index in [-0.39, 0.29) is 0 Å². The van der Waals surface area contributed by atoms with Crippen LogP contribution in [0, 0.1) is 0 Å². The van der Waals surface area contributed by atoms with Crippen molar-refractivity contribution in [3.8, 4) is 0 Å². The molecule has 5 nitrogen and oxygen atoms in total. The monoisotopic (exact) mass is 331 g/mol. The van der Waals surface area contributed by atoms with E-state index in [9.17, 15) is 0 Å². The van der Waals surface area contributed by atoms with Crippen LogP contribution in [0.25, 0.3) is 11.2 Å². The third-order valence-corrected chi connectivity index (χ3v) is 4.49. The quantitative estimate of drug-likeness (QED) is 0.718. The van der Waals surface area contributed by atoms with Gasteiger partial charge in [-0.3, -0.25) is 0 Å². The second-order valence-electron chi connectivity index (χ2n) is 6.98. The first-order valence-corrected chi connectivity index (χ1v) is 9.27. The summed E-state index contributed by atoms with van der Waals surface area (Å²) in [5.41, 5.74) is 3.06. The first-order valence-electron chi connectivity index (χ1n) is 9.27. The molecule has 0 aliphatic carbocycles. The molecule has 2 aromatic heterocycles. The smallest absolute Gasteiger partial charge is 0.159 e. The molecule has 0 radical (unpaired) electrons. The highest BCUT2D eigenvalue weighted by atomic mass is 15.1. The maximum Gasteiger partial charge on any atom is 0.159 e.